The van der Waals surface area contributed by atoms with Crippen LogP contribution < -0.4 is 16.4 Å². The van der Waals surface area contributed by atoms with Crippen molar-refractivity contribution in [2.75, 3.05) is 13.2 Å². The van der Waals surface area contributed by atoms with E-state index in [0.717, 1.165) is 57.8 Å². The molecule has 3 amide bonds. The molecule has 2 aromatic carbocycles. The summed E-state index contributed by atoms with van der Waals surface area (Å²) < 4.78 is 16.9. The van der Waals surface area contributed by atoms with Crippen molar-refractivity contribution >= 4 is 29.7 Å². The molecule has 2 aromatic rings. The standard InChI is InChI=1S/C52H82N4O11/c1-4-6-8-10-12-14-16-18-20-28-34-56(44(58)33-27-19-17-15-13-11-9-7-5-2)52(53)46(49(62)48(61)43(36-57)67-52)47(60)39(3)54-50(63)42(35-45(59)65-37-40-29-23-21-24-30-40)55-51(64)66-38-41-31-25-22-26-32-41/h21-26,29-32,39,42-43,46,48-49,57,61-62H,4-20,27-28,33-38,53H2,1-3H3,(H,54,63)(H,55,64)/t39-,42+,43-,46-,48-,49-,52+/m1/s1. The highest BCUT2D eigenvalue weighted by Crippen LogP contribution is 2.37. The Bertz CT molecular complexity index is 1660. The maximum Gasteiger partial charge on any atom is 0.408 e. The molecule has 0 radical (unpaired) electrons. The molecule has 7 atom stereocenters. The zero-order chi connectivity index (χ0) is 48.9. The van der Waals surface area contributed by atoms with Crippen LogP contribution in [0.4, 0.5) is 4.79 Å². The number of esters is 1. The van der Waals surface area contributed by atoms with Crippen LogP contribution in [0.2, 0.25) is 0 Å². The van der Waals surface area contributed by atoms with Crippen molar-refractivity contribution in [3.05, 3.63) is 71.8 Å². The first kappa shape index (κ1) is 56.9. The van der Waals surface area contributed by atoms with Crippen molar-refractivity contribution in [2.45, 2.75) is 205 Å². The molecule has 0 aromatic heterocycles. The number of nitrogens with zero attached hydrogens (tertiary/aromatic N) is 1. The average Bonchev–Trinajstić information content (AvgIpc) is 3.32. The van der Waals surface area contributed by atoms with Crippen molar-refractivity contribution in [3.8, 4) is 0 Å². The molecule has 376 valence electrons. The summed E-state index contributed by atoms with van der Waals surface area (Å²) in [6.07, 6.45) is 13.0. The molecule has 1 aliphatic heterocycles. The van der Waals surface area contributed by atoms with Gasteiger partial charge < -0.3 is 45.1 Å². The van der Waals surface area contributed by atoms with Crippen LogP contribution in [-0.4, -0.2) is 99.3 Å². The lowest BCUT2D eigenvalue weighted by Gasteiger charge is -2.53. The van der Waals surface area contributed by atoms with Gasteiger partial charge in [0.1, 0.15) is 37.4 Å². The molecular formula is C52H82N4O11. The molecule has 3 rings (SSSR count). The van der Waals surface area contributed by atoms with Gasteiger partial charge in [-0.15, -0.1) is 0 Å². The van der Waals surface area contributed by atoms with Gasteiger partial charge in [-0.05, 0) is 30.9 Å². The minimum absolute atomic E-state index is 0.0803. The molecule has 0 unspecified atom stereocenters. The molecule has 0 spiro atoms. The summed E-state index contributed by atoms with van der Waals surface area (Å²) >= 11 is 0. The summed E-state index contributed by atoms with van der Waals surface area (Å²) in [6.45, 7) is 4.80. The summed E-state index contributed by atoms with van der Waals surface area (Å²) in [5, 5.41) is 38.0. The fourth-order valence-electron chi connectivity index (χ4n) is 8.50. The zero-order valence-electron chi connectivity index (χ0n) is 40.5. The number of Topliss-reactive ketones (excluding diaryl/α,β-unsaturated/α-hetero) is 1. The van der Waals surface area contributed by atoms with Gasteiger partial charge in [-0.1, -0.05) is 184 Å². The number of hydrogen-bond acceptors (Lipinski definition) is 12. The maximum absolute atomic E-state index is 14.6. The van der Waals surface area contributed by atoms with Gasteiger partial charge in [0.25, 0.3) is 0 Å². The van der Waals surface area contributed by atoms with Gasteiger partial charge in [0.2, 0.25) is 17.7 Å². The quantitative estimate of drug-likeness (QED) is 0.0228. The van der Waals surface area contributed by atoms with Crippen molar-refractivity contribution in [2.24, 2.45) is 11.7 Å². The lowest BCUT2D eigenvalue weighted by Crippen LogP contribution is -2.76. The number of ether oxygens (including phenoxy) is 3. The van der Waals surface area contributed by atoms with E-state index in [4.69, 9.17) is 19.9 Å². The van der Waals surface area contributed by atoms with Crippen LogP contribution in [0.1, 0.15) is 167 Å². The molecule has 0 aliphatic carbocycles. The van der Waals surface area contributed by atoms with Crippen molar-refractivity contribution in [1.29, 1.82) is 0 Å². The van der Waals surface area contributed by atoms with Gasteiger partial charge in [-0.3, -0.25) is 24.9 Å². The third-order valence-electron chi connectivity index (χ3n) is 12.5. The largest absolute Gasteiger partial charge is 0.461 e. The van der Waals surface area contributed by atoms with E-state index in [1.165, 1.54) is 63.2 Å². The van der Waals surface area contributed by atoms with E-state index < -0.39 is 84.9 Å². The minimum Gasteiger partial charge on any atom is -0.461 e. The monoisotopic (exact) mass is 939 g/mol. The third-order valence-corrected chi connectivity index (χ3v) is 12.5. The number of nitrogens with one attached hydrogen (secondary N) is 2. The smallest absolute Gasteiger partial charge is 0.408 e. The van der Waals surface area contributed by atoms with E-state index >= 15 is 0 Å². The van der Waals surface area contributed by atoms with Crippen LogP contribution in [0.15, 0.2) is 60.7 Å². The number of ketones is 1. The van der Waals surface area contributed by atoms with E-state index in [-0.39, 0.29) is 26.2 Å². The number of benzene rings is 2. The minimum atomic E-state index is -2.34. The Balaban J connectivity index is 1.82. The van der Waals surface area contributed by atoms with Gasteiger partial charge in [0.05, 0.1) is 25.2 Å². The number of hydrogen-bond donors (Lipinski definition) is 6. The molecule has 15 nitrogen and oxygen atoms in total. The molecule has 1 heterocycles. The number of nitrogens with two attached hydrogens (primary N) is 1. The van der Waals surface area contributed by atoms with Crippen LogP contribution in [0.25, 0.3) is 0 Å². The number of aliphatic hydroxyl groups is 3. The predicted octanol–water partition coefficient (Wildman–Crippen LogP) is 7.50. The summed E-state index contributed by atoms with van der Waals surface area (Å²) in [7, 11) is 0. The van der Waals surface area contributed by atoms with E-state index in [0.29, 0.717) is 24.0 Å². The average molecular weight is 939 g/mol. The molecule has 15 heteroatoms. The summed E-state index contributed by atoms with van der Waals surface area (Å²) in [6, 6.07) is 14.7. The number of unbranched alkanes of at least 4 members (excludes halogenated alkanes) is 17. The Morgan fingerprint density at radius 3 is 1.67 bits per heavy atom. The molecule has 1 saturated heterocycles. The second-order valence-corrected chi connectivity index (χ2v) is 18.1. The van der Waals surface area contributed by atoms with E-state index in [9.17, 15) is 39.3 Å². The topological polar surface area (TPSA) is 227 Å². The van der Waals surface area contributed by atoms with Gasteiger partial charge in [-0.25, -0.2) is 4.79 Å². The molecular weight excluding hydrogens is 857 g/mol. The Morgan fingerprint density at radius 2 is 1.16 bits per heavy atom. The first-order valence-corrected chi connectivity index (χ1v) is 25.1. The van der Waals surface area contributed by atoms with E-state index in [1.54, 1.807) is 54.6 Å². The molecule has 7 N–H and O–H groups in total. The highest BCUT2D eigenvalue weighted by molar-refractivity contribution is 5.95. The van der Waals surface area contributed by atoms with Crippen molar-refractivity contribution < 1.29 is 53.5 Å². The second-order valence-electron chi connectivity index (χ2n) is 18.1. The highest BCUT2D eigenvalue weighted by atomic mass is 16.6. The Labute approximate surface area is 399 Å². The van der Waals surface area contributed by atoms with Crippen LogP contribution in [0.5, 0.6) is 0 Å². The van der Waals surface area contributed by atoms with Crippen LogP contribution in [-0.2, 0) is 46.6 Å². The highest BCUT2D eigenvalue weighted by Gasteiger charge is 2.59. The molecule has 0 bridgehead atoms. The molecule has 1 fully saturated rings. The zero-order valence-corrected chi connectivity index (χ0v) is 40.5. The predicted molar refractivity (Wildman–Crippen MR) is 257 cm³/mol. The number of carbonyl (C=O) groups is 5. The van der Waals surface area contributed by atoms with Gasteiger partial charge in [0.15, 0.2) is 5.78 Å². The molecule has 0 saturated carbocycles. The van der Waals surface area contributed by atoms with Gasteiger partial charge >= 0.3 is 12.1 Å². The fourth-order valence-corrected chi connectivity index (χ4v) is 8.50. The first-order chi connectivity index (χ1) is 32.4. The Hall–Kier alpha value is -4.41. The number of aliphatic hydroxyl groups excluding tert-OH is 3. The van der Waals surface area contributed by atoms with Crippen molar-refractivity contribution in [3.63, 3.8) is 0 Å². The number of amides is 3. The Morgan fingerprint density at radius 1 is 0.687 bits per heavy atom. The Kier molecular flexibility index (Phi) is 27.5. The van der Waals surface area contributed by atoms with Gasteiger partial charge in [-0.2, -0.15) is 0 Å². The first-order valence-electron chi connectivity index (χ1n) is 25.1. The van der Waals surface area contributed by atoms with Crippen molar-refractivity contribution in [1.82, 2.24) is 15.5 Å². The lowest BCUT2D eigenvalue weighted by atomic mass is 9.80. The fraction of sp³-hybridized carbons (Fsp3) is 0.673. The summed E-state index contributed by atoms with van der Waals surface area (Å²) in [5.74, 6) is -7.20. The SMILES string of the molecule is CCCCCCCCCCCCN(C(=O)CCCCCCCCCCC)[C@]1(N)O[C@H](CO)[C@@H](O)[C@H](O)[C@H]1C(=O)[C@@H](C)NC(=O)[C@H](CC(=O)OCc1ccccc1)NC(=O)OCc1ccccc1. The summed E-state index contributed by atoms with van der Waals surface area (Å²) in [5.41, 5.74) is 8.43. The van der Waals surface area contributed by atoms with Crippen LogP contribution in [0.3, 0.4) is 0 Å². The molecule has 1 aliphatic rings. The second kappa shape index (κ2) is 32.4. The number of carbonyl (C=O) groups excluding carboxylic acids is 5. The van der Waals surface area contributed by atoms with E-state index in [1.807, 2.05) is 6.07 Å². The third kappa shape index (κ3) is 20.4. The number of rotatable bonds is 34. The van der Waals surface area contributed by atoms with Gasteiger partial charge in [0, 0.05) is 13.0 Å². The van der Waals surface area contributed by atoms with Crippen LogP contribution >= 0.6 is 0 Å². The maximum atomic E-state index is 14.6. The van der Waals surface area contributed by atoms with E-state index in [2.05, 4.69) is 24.5 Å². The molecule has 67 heavy (non-hydrogen) atoms. The number of alkyl carbamates (subject to hydrolysis) is 1. The summed E-state index contributed by atoms with van der Waals surface area (Å²) in [4.78, 5) is 70.3. The normalized spacial score (nSPS) is 20.0. The van der Waals surface area contributed by atoms with Crippen LogP contribution in [0, 0.1) is 5.92 Å². The lowest BCUT2D eigenvalue weighted by molar-refractivity contribution is -0.291.